The monoisotopic (exact) mass is 336 g/mol. The van der Waals surface area contributed by atoms with E-state index in [1.807, 2.05) is 31.2 Å². The summed E-state index contributed by atoms with van der Waals surface area (Å²) in [4.78, 5) is 0.808. The van der Waals surface area contributed by atoms with Gasteiger partial charge in [0.2, 0.25) is 4.96 Å². The molecule has 120 valence electrons. The molecule has 0 spiro atoms. The highest BCUT2D eigenvalue weighted by Crippen LogP contribution is 2.27. The molecule has 0 saturated carbocycles. The van der Waals surface area contributed by atoms with E-state index < -0.39 is 0 Å². The molecule has 24 heavy (non-hydrogen) atoms. The van der Waals surface area contributed by atoms with E-state index in [1.54, 1.807) is 4.52 Å². The average molecular weight is 336 g/mol. The standard InChI is InChI=1S/C18H16N4OS/c1-12-3-5-14(6-4-12)11-23-16-9-7-15(8-10-16)17-21-22-13(2)19-20-18(22)24-17/h3-10H,11H2,1-2H3. The predicted octanol–water partition coefficient (Wildman–Crippen LogP) is 4.05. The second-order valence-corrected chi connectivity index (χ2v) is 6.60. The Bertz CT molecular complexity index is 971. The van der Waals surface area contributed by atoms with Gasteiger partial charge in [0.15, 0.2) is 5.82 Å². The molecule has 4 aromatic rings. The van der Waals surface area contributed by atoms with Gasteiger partial charge in [0, 0.05) is 5.56 Å². The van der Waals surface area contributed by atoms with Gasteiger partial charge in [0.25, 0.3) is 0 Å². The number of hydrogen-bond donors (Lipinski definition) is 0. The van der Waals surface area contributed by atoms with Crippen molar-refractivity contribution in [1.29, 1.82) is 0 Å². The van der Waals surface area contributed by atoms with E-state index in [0.717, 1.165) is 32.7 Å². The fraction of sp³-hybridized carbons (Fsp3) is 0.167. The fourth-order valence-electron chi connectivity index (χ4n) is 2.38. The third kappa shape index (κ3) is 2.88. The van der Waals surface area contributed by atoms with Crippen molar-refractivity contribution in [2.45, 2.75) is 20.5 Å². The number of benzene rings is 2. The van der Waals surface area contributed by atoms with Crippen LogP contribution in [0.1, 0.15) is 17.0 Å². The first-order chi connectivity index (χ1) is 11.7. The van der Waals surface area contributed by atoms with Crippen LogP contribution in [0.15, 0.2) is 48.5 Å². The van der Waals surface area contributed by atoms with Crippen molar-refractivity contribution in [3.05, 3.63) is 65.5 Å². The number of aryl methyl sites for hydroxylation is 2. The Balaban J connectivity index is 1.48. The molecule has 2 heterocycles. The average Bonchev–Trinajstić information content (AvgIpc) is 3.17. The number of nitrogens with zero attached hydrogens (tertiary/aromatic N) is 4. The molecule has 0 N–H and O–H groups in total. The molecular formula is C18H16N4OS. The van der Waals surface area contributed by atoms with Gasteiger partial charge in [-0.25, -0.2) is 0 Å². The summed E-state index contributed by atoms with van der Waals surface area (Å²) < 4.78 is 7.61. The molecule has 0 aliphatic carbocycles. The van der Waals surface area contributed by atoms with Gasteiger partial charge in [-0.3, -0.25) is 0 Å². The second-order valence-electron chi connectivity index (χ2n) is 5.65. The predicted molar refractivity (Wildman–Crippen MR) is 94.3 cm³/mol. The molecule has 0 fully saturated rings. The quantitative estimate of drug-likeness (QED) is 0.564. The van der Waals surface area contributed by atoms with E-state index in [4.69, 9.17) is 4.74 Å². The highest BCUT2D eigenvalue weighted by molar-refractivity contribution is 7.19. The lowest BCUT2D eigenvalue weighted by Crippen LogP contribution is -1.95. The maximum Gasteiger partial charge on any atom is 0.234 e. The van der Waals surface area contributed by atoms with Crippen LogP contribution < -0.4 is 4.74 Å². The molecule has 0 aliphatic rings. The smallest absolute Gasteiger partial charge is 0.234 e. The van der Waals surface area contributed by atoms with Crippen LogP contribution >= 0.6 is 11.3 Å². The zero-order chi connectivity index (χ0) is 16.5. The summed E-state index contributed by atoms with van der Waals surface area (Å²) in [5, 5.41) is 13.6. The highest BCUT2D eigenvalue weighted by atomic mass is 32.1. The zero-order valence-electron chi connectivity index (χ0n) is 13.4. The van der Waals surface area contributed by atoms with Gasteiger partial charge in [-0.05, 0) is 43.7 Å². The summed E-state index contributed by atoms with van der Waals surface area (Å²) in [6.45, 7) is 4.54. The topological polar surface area (TPSA) is 52.3 Å². The lowest BCUT2D eigenvalue weighted by molar-refractivity contribution is 0.306. The third-order valence-electron chi connectivity index (χ3n) is 3.77. The molecule has 0 saturated heterocycles. The van der Waals surface area contributed by atoms with Gasteiger partial charge in [-0.1, -0.05) is 41.2 Å². The SMILES string of the molecule is Cc1ccc(COc2ccc(-c3nn4c(C)nnc4s3)cc2)cc1. The number of hydrogen-bond acceptors (Lipinski definition) is 5. The summed E-state index contributed by atoms with van der Waals surface area (Å²) in [5.74, 6) is 1.64. The van der Waals surface area contributed by atoms with Crippen LogP contribution in [-0.4, -0.2) is 19.8 Å². The van der Waals surface area contributed by atoms with Gasteiger partial charge < -0.3 is 4.74 Å². The molecular weight excluding hydrogens is 320 g/mol. The van der Waals surface area contributed by atoms with Crippen molar-refractivity contribution >= 4 is 16.3 Å². The van der Waals surface area contributed by atoms with E-state index in [-0.39, 0.29) is 0 Å². The molecule has 2 aromatic carbocycles. The number of ether oxygens (including phenoxy) is 1. The highest BCUT2D eigenvalue weighted by Gasteiger charge is 2.10. The van der Waals surface area contributed by atoms with Gasteiger partial charge >= 0.3 is 0 Å². The molecule has 0 amide bonds. The van der Waals surface area contributed by atoms with E-state index in [0.29, 0.717) is 6.61 Å². The van der Waals surface area contributed by atoms with Crippen LogP contribution in [0, 0.1) is 13.8 Å². The van der Waals surface area contributed by atoms with Crippen LogP contribution in [0.2, 0.25) is 0 Å². The first-order valence-electron chi connectivity index (χ1n) is 7.67. The van der Waals surface area contributed by atoms with Gasteiger partial charge in [0.1, 0.15) is 17.4 Å². The van der Waals surface area contributed by atoms with E-state index >= 15 is 0 Å². The molecule has 6 heteroatoms. The minimum absolute atomic E-state index is 0.565. The summed E-state index contributed by atoms with van der Waals surface area (Å²) in [6, 6.07) is 16.3. The molecule has 2 aromatic heterocycles. The molecule has 5 nitrogen and oxygen atoms in total. The van der Waals surface area contributed by atoms with Crippen molar-refractivity contribution in [3.8, 4) is 16.3 Å². The van der Waals surface area contributed by atoms with Gasteiger partial charge in [-0.15, -0.1) is 10.2 Å². The summed E-state index contributed by atoms with van der Waals surface area (Å²) in [5.41, 5.74) is 3.46. The van der Waals surface area contributed by atoms with E-state index in [9.17, 15) is 0 Å². The molecule has 0 atom stereocenters. The summed E-state index contributed by atoms with van der Waals surface area (Å²) in [7, 11) is 0. The fourth-order valence-corrected chi connectivity index (χ4v) is 3.27. The maximum absolute atomic E-state index is 5.84. The molecule has 0 radical (unpaired) electrons. The number of aromatic nitrogens is 4. The Kier molecular flexibility index (Phi) is 3.74. The number of fused-ring (bicyclic) bond motifs is 1. The largest absolute Gasteiger partial charge is 0.489 e. The van der Waals surface area contributed by atoms with Crippen molar-refractivity contribution in [2.75, 3.05) is 0 Å². The van der Waals surface area contributed by atoms with Crippen LogP contribution in [0.5, 0.6) is 5.75 Å². The second kappa shape index (κ2) is 6.05. The Morgan fingerprint density at radius 1 is 0.958 bits per heavy atom. The van der Waals surface area contributed by atoms with Gasteiger partial charge in [0.05, 0.1) is 0 Å². The van der Waals surface area contributed by atoms with E-state index in [1.165, 1.54) is 16.9 Å². The van der Waals surface area contributed by atoms with Crippen molar-refractivity contribution in [2.24, 2.45) is 0 Å². The Labute approximate surface area is 143 Å². The summed E-state index contributed by atoms with van der Waals surface area (Å²) >= 11 is 1.53. The van der Waals surface area contributed by atoms with E-state index in [2.05, 4.69) is 46.5 Å². The normalized spacial score (nSPS) is 11.1. The Morgan fingerprint density at radius 2 is 1.71 bits per heavy atom. The lowest BCUT2D eigenvalue weighted by atomic mass is 10.2. The summed E-state index contributed by atoms with van der Waals surface area (Å²) in [6.07, 6.45) is 0. The molecule has 0 bridgehead atoms. The number of rotatable bonds is 4. The lowest BCUT2D eigenvalue weighted by Gasteiger charge is -2.07. The van der Waals surface area contributed by atoms with Crippen LogP contribution in [0.25, 0.3) is 15.5 Å². The van der Waals surface area contributed by atoms with Crippen LogP contribution in [0.3, 0.4) is 0 Å². The van der Waals surface area contributed by atoms with Crippen LogP contribution in [-0.2, 0) is 6.61 Å². The molecule has 0 unspecified atom stereocenters. The van der Waals surface area contributed by atoms with Gasteiger partial charge in [-0.2, -0.15) is 9.61 Å². The van der Waals surface area contributed by atoms with Crippen LogP contribution in [0.4, 0.5) is 0 Å². The first-order valence-corrected chi connectivity index (χ1v) is 8.48. The zero-order valence-corrected chi connectivity index (χ0v) is 14.2. The Hall–Kier alpha value is -2.73. The van der Waals surface area contributed by atoms with Crippen molar-refractivity contribution < 1.29 is 4.74 Å². The van der Waals surface area contributed by atoms with Crippen molar-refractivity contribution in [3.63, 3.8) is 0 Å². The third-order valence-corrected chi connectivity index (χ3v) is 4.72. The maximum atomic E-state index is 5.84. The molecule has 4 rings (SSSR count). The van der Waals surface area contributed by atoms with Crippen molar-refractivity contribution in [1.82, 2.24) is 19.8 Å². The minimum Gasteiger partial charge on any atom is -0.489 e. The minimum atomic E-state index is 0.565. The Morgan fingerprint density at radius 3 is 2.42 bits per heavy atom. The first kappa shape index (κ1) is 14.8. The molecule has 0 aliphatic heterocycles.